The summed E-state index contributed by atoms with van der Waals surface area (Å²) in [6.45, 7) is 4.73. The van der Waals surface area contributed by atoms with Crippen molar-refractivity contribution >= 4 is 22.9 Å². The Kier molecular flexibility index (Phi) is 5.59. The van der Waals surface area contributed by atoms with Crippen molar-refractivity contribution in [1.29, 1.82) is 0 Å². The maximum atomic E-state index is 14.3. The lowest BCUT2D eigenvalue weighted by molar-refractivity contribution is 0.0103. The Hall–Kier alpha value is -4.06. The first kappa shape index (κ1) is 22.7. The first-order chi connectivity index (χ1) is 16.7. The fourth-order valence-electron chi connectivity index (χ4n) is 3.61. The summed E-state index contributed by atoms with van der Waals surface area (Å²) in [5.41, 5.74) is 1.87. The van der Waals surface area contributed by atoms with E-state index in [1.807, 2.05) is 19.1 Å². The molecule has 12 heteroatoms. The number of nitrogens with one attached hydrogen (secondary N) is 1. The third kappa shape index (κ3) is 4.39. The highest BCUT2D eigenvalue weighted by atomic mass is 32.1. The van der Waals surface area contributed by atoms with Crippen molar-refractivity contribution in [3.05, 3.63) is 76.7 Å². The number of rotatable bonds is 6. The highest BCUT2D eigenvalue weighted by molar-refractivity contribution is 7.15. The molecule has 0 spiro atoms. The predicted molar refractivity (Wildman–Crippen MR) is 126 cm³/mol. The van der Waals surface area contributed by atoms with Crippen LogP contribution in [0.5, 0.6) is 0 Å². The molecule has 0 aliphatic rings. The Bertz CT molecular complexity index is 1530. The normalized spacial score (nSPS) is 11.8. The van der Waals surface area contributed by atoms with Gasteiger partial charge in [-0.1, -0.05) is 5.21 Å². The van der Waals surface area contributed by atoms with Crippen LogP contribution >= 0.6 is 11.3 Å². The van der Waals surface area contributed by atoms with Crippen molar-refractivity contribution in [2.45, 2.75) is 33.2 Å². The average molecular weight is 495 g/mol. The van der Waals surface area contributed by atoms with Gasteiger partial charge in [0.1, 0.15) is 17.2 Å². The lowest BCUT2D eigenvalue weighted by Gasteiger charge is -2.14. The summed E-state index contributed by atoms with van der Waals surface area (Å²) in [5.74, 6) is -2.98. The van der Waals surface area contributed by atoms with Crippen molar-refractivity contribution in [2.24, 2.45) is 0 Å². The number of hydrogen-bond donors (Lipinski definition) is 1. The number of nitrogens with zero attached hydrogens (tertiary/aromatic N) is 7. The summed E-state index contributed by atoms with van der Waals surface area (Å²) >= 11 is 1.56. The van der Waals surface area contributed by atoms with Gasteiger partial charge in [0.05, 0.1) is 28.5 Å². The molecule has 5 aromatic heterocycles. The number of amides is 1. The van der Waals surface area contributed by atoms with Gasteiger partial charge >= 0.3 is 0 Å². The van der Waals surface area contributed by atoms with Crippen molar-refractivity contribution in [3.8, 4) is 16.3 Å². The van der Waals surface area contributed by atoms with E-state index in [9.17, 15) is 13.6 Å². The van der Waals surface area contributed by atoms with E-state index in [1.54, 1.807) is 47.4 Å². The van der Waals surface area contributed by atoms with Crippen LogP contribution in [0.3, 0.4) is 0 Å². The SMILES string of the molecule is Cc1ncc(CNC(=O)c2cc(-n3nncc3C(C)(F)F)c3ncc(-c4ccc(C)s4)n3c2)cn1. The standard InChI is InChI=1S/C23H20F2N8OS/c1-13-4-5-19(35-13)18-10-28-21-17(33-20(11-30-31-33)23(3,24)25)6-16(12-32(18)21)22(34)29-9-15-7-26-14(2)27-8-15/h4-8,10-12H,9H2,1-3H3,(H,29,34). The Morgan fingerprint density at radius 2 is 1.89 bits per heavy atom. The van der Waals surface area contributed by atoms with Crippen LogP contribution < -0.4 is 5.32 Å². The number of fused-ring (bicyclic) bond motifs is 1. The van der Waals surface area contributed by atoms with Gasteiger partial charge < -0.3 is 5.32 Å². The molecule has 5 aromatic rings. The van der Waals surface area contributed by atoms with E-state index in [1.165, 1.54) is 6.07 Å². The molecule has 0 fully saturated rings. The topological polar surface area (TPSA) is 103 Å². The molecule has 0 saturated carbocycles. The van der Waals surface area contributed by atoms with Gasteiger partial charge in [0, 0.05) is 42.5 Å². The third-order valence-corrected chi connectivity index (χ3v) is 6.38. The van der Waals surface area contributed by atoms with E-state index in [2.05, 4.69) is 30.6 Å². The number of halogens is 2. The van der Waals surface area contributed by atoms with E-state index < -0.39 is 17.5 Å². The number of hydrogen-bond acceptors (Lipinski definition) is 7. The molecule has 0 aromatic carbocycles. The van der Waals surface area contributed by atoms with Crippen LogP contribution in [0.4, 0.5) is 8.78 Å². The largest absolute Gasteiger partial charge is 0.348 e. The fourth-order valence-corrected chi connectivity index (χ4v) is 4.49. The number of imidazole rings is 1. The zero-order valence-electron chi connectivity index (χ0n) is 19.0. The monoisotopic (exact) mass is 494 g/mol. The lowest BCUT2D eigenvalue weighted by atomic mass is 10.2. The molecular formula is C23H20F2N8OS. The number of aryl methyl sites for hydroxylation is 2. The van der Waals surface area contributed by atoms with Crippen LogP contribution in [-0.2, 0) is 12.5 Å². The first-order valence-corrected chi connectivity index (χ1v) is 11.5. The van der Waals surface area contributed by atoms with Gasteiger partial charge in [0.25, 0.3) is 11.8 Å². The van der Waals surface area contributed by atoms with Crippen LogP contribution in [0.2, 0.25) is 0 Å². The molecule has 0 unspecified atom stereocenters. The van der Waals surface area contributed by atoms with Crippen molar-refractivity contribution < 1.29 is 13.6 Å². The molecule has 0 bridgehead atoms. The molecule has 9 nitrogen and oxygen atoms in total. The maximum Gasteiger partial charge on any atom is 0.288 e. The molecule has 0 aliphatic heterocycles. The third-order valence-electron chi connectivity index (χ3n) is 5.36. The number of pyridine rings is 1. The van der Waals surface area contributed by atoms with Crippen LogP contribution in [0.1, 0.15) is 39.2 Å². The van der Waals surface area contributed by atoms with E-state index in [0.717, 1.165) is 38.8 Å². The Morgan fingerprint density at radius 1 is 1.11 bits per heavy atom. The van der Waals surface area contributed by atoms with Gasteiger partial charge in [-0.05, 0) is 32.0 Å². The Balaban J connectivity index is 1.62. The number of aromatic nitrogens is 7. The average Bonchev–Trinajstić information content (AvgIpc) is 3.56. The van der Waals surface area contributed by atoms with E-state index in [-0.39, 0.29) is 17.8 Å². The summed E-state index contributed by atoms with van der Waals surface area (Å²) in [5, 5.41) is 10.4. The fraction of sp³-hybridized carbons (Fsp3) is 0.217. The predicted octanol–water partition coefficient (Wildman–Crippen LogP) is 4.09. The first-order valence-electron chi connectivity index (χ1n) is 10.6. The second-order valence-electron chi connectivity index (χ2n) is 8.10. The van der Waals surface area contributed by atoms with Gasteiger partial charge in [0.2, 0.25) is 0 Å². The summed E-state index contributed by atoms with van der Waals surface area (Å²) in [4.78, 5) is 27.9. The zero-order chi connectivity index (χ0) is 24.7. The van der Waals surface area contributed by atoms with Crippen LogP contribution in [0.25, 0.3) is 21.9 Å². The minimum Gasteiger partial charge on any atom is -0.348 e. The number of carbonyl (C=O) groups excluding carboxylic acids is 1. The summed E-state index contributed by atoms with van der Waals surface area (Å²) < 4.78 is 31.3. The summed E-state index contributed by atoms with van der Waals surface area (Å²) in [6.07, 6.45) is 7.56. The summed E-state index contributed by atoms with van der Waals surface area (Å²) in [6, 6.07) is 5.42. The van der Waals surface area contributed by atoms with Gasteiger partial charge in [-0.25, -0.2) is 19.6 Å². The smallest absolute Gasteiger partial charge is 0.288 e. The Labute approximate surface area is 202 Å². The molecule has 0 aliphatic carbocycles. The molecule has 5 heterocycles. The van der Waals surface area contributed by atoms with Crippen molar-refractivity contribution in [2.75, 3.05) is 0 Å². The molecule has 0 radical (unpaired) electrons. The molecule has 5 rings (SSSR count). The van der Waals surface area contributed by atoms with Crippen molar-refractivity contribution in [1.82, 2.24) is 39.7 Å². The number of carbonyl (C=O) groups is 1. The van der Waals surface area contributed by atoms with Crippen LogP contribution in [0, 0.1) is 13.8 Å². The highest BCUT2D eigenvalue weighted by Crippen LogP contribution is 2.32. The van der Waals surface area contributed by atoms with Gasteiger partial charge in [-0.15, -0.1) is 16.4 Å². The minimum atomic E-state index is -3.20. The zero-order valence-corrected chi connectivity index (χ0v) is 19.8. The van der Waals surface area contributed by atoms with E-state index >= 15 is 0 Å². The molecule has 1 N–H and O–H groups in total. The maximum absolute atomic E-state index is 14.3. The lowest BCUT2D eigenvalue weighted by Crippen LogP contribution is -2.24. The molecule has 1 amide bonds. The minimum absolute atomic E-state index is 0.203. The van der Waals surface area contributed by atoms with Gasteiger partial charge in [0.15, 0.2) is 5.65 Å². The van der Waals surface area contributed by atoms with Gasteiger partial charge in [-0.3, -0.25) is 9.20 Å². The molecular weight excluding hydrogens is 474 g/mol. The quantitative estimate of drug-likeness (QED) is 0.381. The summed E-state index contributed by atoms with van der Waals surface area (Å²) in [7, 11) is 0. The van der Waals surface area contributed by atoms with Gasteiger partial charge in [-0.2, -0.15) is 8.78 Å². The van der Waals surface area contributed by atoms with Crippen LogP contribution in [0.15, 0.2) is 49.2 Å². The number of thiophene rings is 1. The highest BCUT2D eigenvalue weighted by Gasteiger charge is 2.31. The second-order valence-corrected chi connectivity index (χ2v) is 9.39. The molecule has 178 valence electrons. The van der Waals surface area contributed by atoms with Crippen LogP contribution in [-0.4, -0.2) is 40.3 Å². The van der Waals surface area contributed by atoms with E-state index in [4.69, 9.17) is 0 Å². The molecule has 0 atom stereocenters. The molecule has 35 heavy (non-hydrogen) atoms. The Morgan fingerprint density at radius 3 is 2.57 bits per heavy atom. The second kappa shape index (κ2) is 8.62. The van der Waals surface area contributed by atoms with E-state index in [0.29, 0.717) is 11.5 Å². The number of alkyl halides is 2. The van der Waals surface area contributed by atoms with Crippen molar-refractivity contribution in [3.63, 3.8) is 0 Å². The molecule has 0 saturated heterocycles.